The van der Waals surface area contributed by atoms with E-state index in [1.807, 2.05) is 24.3 Å². The number of unbranched alkanes of at least 4 members (excludes halogenated alkanes) is 1. The zero-order valence-electron chi connectivity index (χ0n) is 15.8. The smallest absolute Gasteiger partial charge is 0.246 e. The van der Waals surface area contributed by atoms with Gasteiger partial charge in [-0.15, -0.1) is 11.3 Å². The van der Waals surface area contributed by atoms with Gasteiger partial charge >= 0.3 is 0 Å². The molecule has 1 unspecified atom stereocenters. The van der Waals surface area contributed by atoms with Gasteiger partial charge in [-0.25, -0.2) is 8.42 Å². The van der Waals surface area contributed by atoms with Crippen molar-refractivity contribution in [2.24, 2.45) is 0 Å². The van der Waals surface area contributed by atoms with Crippen molar-refractivity contribution >= 4 is 49.1 Å². The first-order valence-electron chi connectivity index (χ1n) is 9.43. The number of thiophene rings is 1. The number of carbonyl (C=O) groups is 1. The summed E-state index contributed by atoms with van der Waals surface area (Å²) in [5, 5.41) is 0. The van der Waals surface area contributed by atoms with E-state index in [0.29, 0.717) is 13.0 Å². The van der Waals surface area contributed by atoms with Gasteiger partial charge in [-0.05, 0) is 48.7 Å². The molecule has 0 bridgehead atoms. The van der Waals surface area contributed by atoms with E-state index in [1.54, 1.807) is 22.3 Å². The van der Waals surface area contributed by atoms with Crippen LogP contribution in [0.15, 0.2) is 46.9 Å². The lowest BCUT2D eigenvalue weighted by molar-refractivity contribution is -0.127. The molecule has 1 aromatic heterocycles. The summed E-state index contributed by atoms with van der Waals surface area (Å²) in [6, 6.07) is 12.0. The maximum absolute atomic E-state index is 12.8. The molecule has 1 fully saturated rings. The fourth-order valence-electron chi connectivity index (χ4n) is 3.28. The van der Waals surface area contributed by atoms with Crippen LogP contribution in [0.2, 0.25) is 0 Å². The number of rotatable bonds is 7. The van der Waals surface area contributed by atoms with E-state index >= 15 is 0 Å². The lowest BCUT2D eigenvalue weighted by Crippen LogP contribution is -2.40. The van der Waals surface area contributed by atoms with Crippen molar-refractivity contribution in [2.45, 2.75) is 32.2 Å². The van der Waals surface area contributed by atoms with E-state index < -0.39 is 9.84 Å². The lowest BCUT2D eigenvalue weighted by atomic mass is 10.2. The second kappa shape index (κ2) is 9.37. The molecule has 0 spiro atoms. The van der Waals surface area contributed by atoms with Gasteiger partial charge < -0.3 is 4.90 Å². The molecule has 3 rings (SSSR count). The van der Waals surface area contributed by atoms with Crippen molar-refractivity contribution in [2.75, 3.05) is 18.1 Å². The lowest BCUT2D eigenvalue weighted by Gasteiger charge is -2.27. The van der Waals surface area contributed by atoms with Crippen LogP contribution < -0.4 is 0 Å². The number of carbonyl (C=O) groups excluding carboxylic acids is 1. The van der Waals surface area contributed by atoms with Crippen molar-refractivity contribution in [3.63, 3.8) is 0 Å². The molecule has 0 radical (unpaired) electrons. The third-order valence-corrected chi connectivity index (χ3v) is 8.21. The molecule has 0 saturated carbocycles. The van der Waals surface area contributed by atoms with Gasteiger partial charge in [0.2, 0.25) is 5.91 Å². The number of halogens is 1. The molecule has 1 saturated heterocycles. The zero-order chi connectivity index (χ0) is 20.1. The van der Waals surface area contributed by atoms with Crippen LogP contribution in [0, 0.1) is 0 Å². The summed E-state index contributed by atoms with van der Waals surface area (Å²) < 4.78 is 24.7. The molecule has 150 valence electrons. The molecular formula is C21H24BrNO3S2. The number of hydrogen-bond donors (Lipinski definition) is 0. The molecule has 0 N–H and O–H groups in total. The highest BCUT2D eigenvalue weighted by Gasteiger charge is 2.33. The predicted octanol–water partition coefficient (Wildman–Crippen LogP) is 5.01. The van der Waals surface area contributed by atoms with Gasteiger partial charge in [0.15, 0.2) is 9.84 Å². The normalized spacial score (nSPS) is 18.6. The Kier molecular flexibility index (Phi) is 7.12. The monoisotopic (exact) mass is 481 g/mol. The molecular weight excluding hydrogens is 458 g/mol. The van der Waals surface area contributed by atoms with E-state index in [9.17, 15) is 13.2 Å². The predicted molar refractivity (Wildman–Crippen MR) is 120 cm³/mol. The molecule has 28 heavy (non-hydrogen) atoms. The molecule has 1 aliphatic heterocycles. The fourth-order valence-corrected chi connectivity index (χ4v) is 6.19. The highest BCUT2D eigenvalue weighted by molar-refractivity contribution is 9.10. The van der Waals surface area contributed by atoms with E-state index in [-0.39, 0.29) is 23.5 Å². The number of sulfone groups is 1. The summed E-state index contributed by atoms with van der Waals surface area (Å²) in [5.74, 6) is 0.163. The molecule has 4 nitrogen and oxygen atoms in total. The fraction of sp³-hybridized carbons (Fsp3) is 0.381. The topological polar surface area (TPSA) is 54.5 Å². The summed E-state index contributed by atoms with van der Waals surface area (Å²) in [6.45, 7) is 2.67. The first kappa shape index (κ1) is 21.3. The molecule has 1 atom stereocenters. The van der Waals surface area contributed by atoms with Crippen LogP contribution in [-0.2, 0) is 14.6 Å². The number of hydrogen-bond acceptors (Lipinski definition) is 4. The van der Waals surface area contributed by atoms with Gasteiger partial charge in [0.25, 0.3) is 0 Å². The van der Waals surface area contributed by atoms with E-state index in [0.717, 1.165) is 32.6 Å². The average Bonchev–Trinajstić information content (AvgIpc) is 3.27. The van der Waals surface area contributed by atoms with Crippen LogP contribution in [0.5, 0.6) is 0 Å². The van der Waals surface area contributed by atoms with Crippen molar-refractivity contribution < 1.29 is 13.2 Å². The molecule has 1 aliphatic rings. The second-order valence-corrected chi connectivity index (χ2v) is 11.2. The Hall–Kier alpha value is -1.44. The van der Waals surface area contributed by atoms with Crippen LogP contribution in [-0.4, -0.2) is 43.3 Å². The maximum atomic E-state index is 12.8. The molecule has 7 heteroatoms. The number of amides is 1. The van der Waals surface area contributed by atoms with Crippen LogP contribution >= 0.6 is 27.3 Å². The SMILES string of the molecule is CCCCN(C(=O)/C=C/c1ccc(-c2ccc(Br)cc2)s1)C1CCS(=O)(=O)C1. The Balaban J connectivity index is 1.70. The highest BCUT2D eigenvalue weighted by Crippen LogP contribution is 2.30. The summed E-state index contributed by atoms with van der Waals surface area (Å²) in [7, 11) is -3.02. The Morgan fingerprint density at radius 3 is 2.64 bits per heavy atom. The first-order valence-corrected chi connectivity index (χ1v) is 12.9. The minimum absolute atomic E-state index is 0.0863. The maximum Gasteiger partial charge on any atom is 0.246 e. The van der Waals surface area contributed by atoms with Gasteiger partial charge in [0, 0.05) is 32.9 Å². The molecule has 1 amide bonds. The van der Waals surface area contributed by atoms with Gasteiger partial charge in [-0.2, -0.15) is 0 Å². The van der Waals surface area contributed by atoms with Gasteiger partial charge in [0.05, 0.1) is 11.5 Å². The zero-order valence-corrected chi connectivity index (χ0v) is 19.0. The quantitative estimate of drug-likeness (QED) is 0.522. The van der Waals surface area contributed by atoms with Crippen LogP contribution in [0.4, 0.5) is 0 Å². The largest absolute Gasteiger partial charge is 0.335 e. The van der Waals surface area contributed by atoms with Crippen molar-refractivity contribution in [1.82, 2.24) is 4.90 Å². The molecule has 0 aliphatic carbocycles. The highest BCUT2D eigenvalue weighted by atomic mass is 79.9. The van der Waals surface area contributed by atoms with Crippen molar-refractivity contribution in [3.05, 3.63) is 51.8 Å². The summed E-state index contributed by atoms with van der Waals surface area (Å²) >= 11 is 5.07. The molecule has 1 aromatic carbocycles. The van der Waals surface area contributed by atoms with Crippen LogP contribution in [0.1, 0.15) is 31.1 Å². The number of nitrogens with zero attached hydrogens (tertiary/aromatic N) is 1. The Labute approximate surface area is 179 Å². The van der Waals surface area contributed by atoms with Crippen molar-refractivity contribution in [1.29, 1.82) is 0 Å². The van der Waals surface area contributed by atoms with Crippen LogP contribution in [0.25, 0.3) is 16.5 Å². The van der Waals surface area contributed by atoms with Crippen LogP contribution in [0.3, 0.4) is 0 Å². The molecule has 2 aromatic rings. The summed E-state index contributed by atoms with van der Waals surface area (Å²) in [5.41, 5.74) is 1.14. The molecule has 2 heterocycles. The van der Waals surface area contributed by atoms with E-state index in [2.05, 4.69) is 41.1 Å². The summed E-state index contributed by atoms with van der Waals surface area (Å²) in [6.07, 6.45) is 5.80. The van der Waals surface area contributed by atoms with E-state index in [4.69, 9.17) is 0 Å². The number of benzene rings is 1. The van der Waals surface area contributed by atoms with Gasteiger partial charge in [0.1, 0.15) is 0 Å². The van der Waals surface area contributed by atoms with Gasteiger partial charge in [-0.3, -0.25) is 4.79 Å². The first-order chi connectivity index (χ1) is 13.4. The second-order valence-electron chi connectivity index (χ2n) is 6.98. The van der Waals surface area contributed by atoms with E-state index in [1.165, 1.54) is 0 Å². The Morgan fingerprint density at radius 1 is 1.25 bits per heavy atom. The third kappa shape index (κ3) is 5.55. The van der Waals surface area contributed by atoms with Gasteiger partial charge in [-0.1, -0.05) is 41.4 Å². The Morgan fingerprint density at radius 2 is 2.00 bits per heavy atom. The summed E-state index contributed by atoms with van der Waals surface area (Å²) in [4.78, 5) is 16.7. The Bertz CT molecular complexity index is 948. The average molecular weight is 482 g/mol. The standard InChI is InChI=1S/C21H24BrNO3S2/c1-2-3-13-23(18-12-14-28(25,26)15-18)21(24)11-9-19-8-10-20(27-19)16-4-6-17(22)7-5-16/h4-11,18H,2-3,12-15H2,1H3/b11-9+. The third-order valence-electron chi connectivity index (χ3n) is 4.83. The minimum Gasteiger partial charge on any atom is -0.335 e. The van der Waals surface area contributed by atoms with Crippen molar-refractivity contribution in [3.8, 4) is 10.4 Å². The minimum atomic E-state index is -3.02.